The van der Waals surface area contributed by atoms with Gasteiger partial charge in [-0.3, -0.25) is 10.0 Å². The predicted octanol–water partition coefficient (Wildman–Crippen LogP) is 2.77. The number of carbonyl (C=O) groups is 1. The van der Waals surface area contributed by atoms with Crippen molar-refractivity contribution in [3.63, 3.8) is 0 Å². The van der Waals surface area contributed by atoms with Crippen LogP contribution in [0.5, 0.6) is 5.75 Å². The van der Waals surface area contributed by atoms with Crippen LogP contribution in [0.15, 0.2) is 36.7 Å². The number of nitrogens with zero attached hydrogens (tertiary/aromatic N) is 4. The number of hydrogen-bond acceptors (Lipinski definition) is 7. The number of hydrogen-bond donors (Lipinski definition) is 2. The normalized spacial score (nSPS) is 18.5. The number of anilines is 3. The van der Waals surface area contributed by atoms with Gasteiger partial charge in [-0.2, -0.15) is 0 Å². The van der Waals surface area contributed by atoms with Crippen molar-refractivity contribution in [1.29, 1.82) is 0 Å². The van der Waals surface area contributed by atoms with E-state index in [1.165, 1.54) is 12.8 Å². The molecule has 11 heteroatoms. The average molecular weight is 475 g/mol. The minimum atomic E-state index is -3.37. The molecule has 2 aromatic rings. The van der Waals surface area contributed by atoms with E-state index in [0.717, 1.165) is 32.2 Å². The van der Waals surface area contributed by atoms with Crippen LogP contribution in [0.25, 0.3) is 0 Å². The van der Waals surface area contributed by atoms with Crippen molar-refractivity contribution in [3.05, 3.63) is 36.7 Å². The highest BCUT2D eigenvalue weighted by atomic mass is 32.2. The fourth-order valence-corrected chi connectivity index (χ4v) is 4.30. The second kappa shape index (κ2) is 9.82. The molecule has 1 saturated heterocycles. The molecule has 4 rings (SSSR count). The third-order valence-electron chi connectivity index (χ3n) is 5.79. The summed E-state index contributed by atoms with van der Waals surface area (Å²) in [6, 6.07) is 6.62. The van der Waals surface area contributed by atoms with Crippen molar-refractivity contribution in [1.82, 2.24) is 14.9 Å². The first-order chi connectivity index (χ1) is 15.8. The largest absolute Gasteiger partial charge is 0.492 e. The summed E-state index contributed by atoms with van der Waals surface area (Å²) in [4.78, 5) is 25.2. The number of carbonyl (C=O) groups excluding carboxylic acids is 1. The summed E-state index contributed by atoms with van der Waals surface area (Å²) in [6.45, 7) is 2.10. The van der Waals surface area contributed by atoms with Crippen LogP contribution < -0.4 is 19.7 Å². The number of pyridine rings is 2. The monoisotopic (exact) mass is 474 g/mol. The van der Waals surface area contributed by atoms with E-state index in [4.69, 9.17) is 4.74 Å². The molecule has 3 heterocycles. The summed E-state index contributed by atoms with van der Waals surface area (Å²) in [7, 11) is -1.60. The van der Waals surface area contributed by atoms with Gasteiger partial charge in [0.25, 0.3) is 0 Å². The van der Waals surface area contributed by atoms with Crippen molar-refractivity contribution in [2.75, 3.05) is 47.9 Å². The van der Waals surface area contributed by atoms with Crippen molar-refractivity contribution in [2.24, 2.45) is 5.92 Å². The molecule has 2 fully saturated rings. The first kappa shape index (κ1) is 23.1. The Hall–Kier alpha value is -3.08. The van der Waals surface area contributed by atoms with E-state index < -0.39 is 10.0 Å². The smallest absolute Gasteiger partial charge is 0.323 e. The Balaban J connectivity index is 1.33. The molecular formula is C22H30N6O4S. The van der Waals surface area contributed by atoms with Gasteiger partial charge in [-0.15, -0.1) is 0 Å². The SMILES string of the molecule is CN(C(=O)Nc1ccc(OCC2CC2)cn1)[C@@H]1CCCN(c2cc(NS(C)(=O)=O)ccn2)C1. The van der Waals surface area contributed by atoms with E-state index >= 15 is 0 Å². The van der Waals surface area contributed by atoms with Crippen LogP contribution in [0.1, 0.15) is 25.7 Å². The summed E-state index contributed by atoms with van der Waals surface area (Å²) in [5.41, 5.74) is 0.464. The highest BCUT2D eigenvalue weighted by Gasteiger charge is 2.27. The molecule has 1 aliphatic heterocycles. The third-order valence-corrected chi connectivity index (χ3v) is 6.40. The molecule has 0 unspecified atom stereocenters. The number of nitrogens with one attached hydrogen (secondary N) is 2. The van der Waals surface area contributed by atoms with E-state index in [1.54, 1.807) is 42.5 Å². The van der Waals surface area contributed by atoms with Crippen molar-refractivity contribution in [3.8, 4) is 5.75 Å². The molecule has 0 aromatic carbocycles. The molecule has 1 saturated carbocycles. The first-order valence-corrected chi connectivity index (χ1v) is 13.0. The van der Waals surface area contributed by atoms with Gasteiger partial charge in [0, 0.05) is 32.4 Å². The number of sulfonamides is 1. The summed E-state index contributed by atoms with van der Waals surface area (Å²) in [6.07, 6.45) is 8.52. The Morgan fingerprint density at radius 2 is 2.06 bits per heavy atom. The highest BCUT2D eigenvalue weighted by molar-refractivity contribution is 7.92. The lowest BCUT2D eigenvalue weighted by Crippen LogP contribution is -2.50. The zero-order valence-corrected chi connectivity index (χ0v) is 19.7. The van der Waals surface area contributed by atoms with Crippen LogP contribution in [-0.4, -0.2) is 68.4 Å². The van der Waals surface area contributed by atoms with Gasteiger partial charge in [0.05, 0.1) is 30.8 Å². The fourth-order valence-electron chi connectivity index (χ4n) is 3.75. The van der Waals surface area contributed by atoms with Gasteiger partial charge in [-0.25, -0.2) is 23.2 Å². The number of urea groups is 1. The lowest BCUT2D eigenvalue weighted by molar-refractivity contribution is 0.195. The number of likely N-dealkylation sites (N-methyl/N-ethyl adjacent to an activating group) is 1. The molecule has 2 N–H and O–H groups in total. The minimum absolute atomic E-state index is 0.0202. The van der Waals surface area contributed by atoms with Gasteiger partial charge in [0.2, 0.25) is 10.0 Å². The van der Waals surface area contributed by atoms with Crippen LogP contribution in [0.4, 0.5) is 22.1 Å². The molecule has 1 atom stereocenters. The molecule has 10 nitrogen and oxygen atoms in total. The molecule has 2 aromatic heterocycles. The van der Waals surface area contributed by atoms with Crippen LogP contribution in [-0.2, 0) is 10.0 Å². The van der Waals surface area contributed by atoms with Gasteiger partial charge in [-0.05, 0) is 49.8 Å². The van der Waals surface area contributed by atoms with Gasteiger partial charge in [0.15, 0.2) is 0 Å². The highest BCUT2D eigenvalue weighted by Crippen LogP contribution is 2.29. The molecule has 0 radical (unpaired) electrons. The van der Waals surface area contributed by atoms with Gasteiger partial charge in [-0.1, -0.05) is 0 Å². The van der Waals surface area contributed by atoms with E-state index in [1.807, 2.05) is 6.07 Å². The maximum Gasteiger partial charge on any atom is 0.323 e. The lowest BCUT2D eigenvalue weighted by Gasteiger charge is -2.38. The Kier molecular flexibility index (Phi) is 6.87. The van der Waals surface area contributed by atoms with E-state index in [0.29, 0.717) is 35.5 Å². The molecule has 178 valence electrons. The fraction of sp³-hybridized carbons (Fsp3) is 0.500. The lowest BCUT2D eigenvalue weighted by atomic mass is 10.0. The van der Waals surface area contributed by atoms with Gasteiger partial charge >= 0.3 is 6.03 Å². The topological polar surface area (TPSA) is 117 Å². The number of aromatic nitrogens is 2. The number of amides is 2. The maximum absolute atomic E-state index is 12.8. The second-order valence-electron chi connectivity index (χ2n) is 8.69. The van der Waals surface area contributed by atoms with Crippen LogP contribution in [0.2, 0.25) is 0 Å². The van der Waals surface area contributed by atoms with Crippen molar-refractivity contribution >= 4 is 33.4 Å². The standard InChI is InChI=1S/C22H30N6O4S/c1-27(22(29)25-20-8-7-19(13-24-20)32-15-16-5-6-16)18-4-3-11-28(14-18)21-12-17(9-10-23-21)26-33(2,30)31/h7-10,12-13,16,18H,3-6,11,14-15H2,1-2H3,(H,23,26)(H,24,25,29)/t18-/m1/s1. The third kappa shape index (κ3) is 6.70. The molecule has 1 aliphatic carbocycles. The Labute approximate surface area is 194 Å². The van der Waals surface area contributed by atoms with E-state index in [2.05, 4.69) is 24.9 Å². The van der Waals surface area contributed by atoms with Crippen LogP contribution in [0.3, 0.4) is 0 Å². The summed E-state index contributed by atoms with van der Waals surface area (Å²) >= 11 is 0. The van der Waals surface area contributed by atoms with Crippen LogP contribution >= 0.6 is 0 Å². The Morgan fingerprint density at radius 3 is 2.76 bits per heavy atom. The van der Waals surface area contributed by atoms with Crippen LogP contribution in [0, 0.1) is 5.92 Å². The summed E-state index contributed by atoms with van der Waals surface area (Å²) < 4.78 is 31.2. The first-order valence-electron chi connectivity index (χ1n) is 11.1. The second-order valence-corrected chi connectivity index (χ2v) is 10.4. The van der Waals surface area contributed by atoms with E-state index in [-0.39, 0.29) is 12.1 Å². The number of piperidine rings is 1. The maximum atomic E-state index is 12.8. The van der Waals surface area contributed by atoms with Crippen molar-refractivity contribution < 1.29 is 17.9 Å². The summed E-state index contributed by atoms with van der Waals surface area (Å²) in [5.74, 6) is 2.52. The zero-order chi connectivity index (χ0) is 23.4. The number of ether oxygens (including phenoxy) is 1. The molecule has 33 heavy (non-hydrogen) atoms. The molecule has 0 spiro atoms. The molecular weight excluding hydrogens is 444 g/mol. The minimum Gasteiger partial charge on any atom is -0.492 e. The Morgan fingerprint density at radius 1 is 1.24 bits per heavy atom. The van der Waals surface area contributed by atoms with Crippen molar-refractivity contribution in [2.45, 2.75) is 31.7 Å². The van der Waals surface area contributed by atoms with Gasteiger partial charge in [0.1, 0.15) is 17.4 Å². The zero-order valence-electron chi connectivity index (χ0n) is 18.9. The Bertz CT molecular complexity index is 1070. The predicted molar refractivity (Wildman–Crippen MR) is 127 cm³/mol. The van der Waals surface area contributed by atoms with Gasteiger partial charge < -0.3 is 14.5 Å². The van der Waals surface area contributed by atoms with E-state index in [9.17, 15) is 13.2 Å². The average Bonchev–Trinajstić information content (AvgIpc) is 3.62. The quantitative estimate of drug-likeness (QED) is 0.604. The summed E-state index contributed by atoms with van der Waals surface area (Å²) in [5, 5.41) is 2.84. The molecule has 2 aliphatic rings. The molecule has 0 bridgehead atoms. The molecule has 2 amide bonds. The number of rotatable bonds is 8.